The number of piperazine rings is 1. The number of benzene rings is 2. The second-order valence-electron chi connectivity index (χ2n) is 6.74. The summed E-state index contributed by atoms with van der Waals surface area (Å²) >= 11 is 7.45. The van der Waals surface area contributed by atoms with E-state index in [-0.39, 0.29) is 11.7 Å². The van der Waals surface area contributed by atoms with Crippen LogP contribution in [-0.2, 0) is 4.79 Å². The molecule has 0 unspecified atom stereocenters. The molecule has 28 heavy (non-hydrogen) atoms. The number of likely N-dealkylation sites (N-methyl/N-ethyl adjacent to an activating group) is 1. The molecule has 1 saturated heterocycles. The minimum absolute atomic E-state index is 0.120. The SMILES string of the molecule is CN1CCN(c2ccc(Cl)cc2NC(=O)CSc2nc3ccccc3o2)CC1. The predicted molar refractivity (Wildman–Crippen MR) is 115 cm³/mol. The largest absolute Gasteiger partial charge is 0.431 e. The van der Waals surface area contributed by atoms with Gasteiger partial charge in [-0.1, -0.05) is 35.5 Å². The van der Waals surface area contributed by atoms with Crippen molar-refractivity contribution in [2.45, 2.75) is 5.22 Å². The first-order chi connectivity index (χ1) is 13.6. The Morgan fingerprint density at radius 3 is 2.79 bits per heavy atom. The number of hydrogen-bond donors (Lipinski definition) is 1. The highest BCUT2D eigenvalue weighted by molar-refractivity contribution is 7.99. The van der Waals surface area contributed by atoms with Gasteiger partial charge >= 0.3 is 0 Å². The van der Waals surface area contributed by atoms with E-state index in [1.165, 1.54) is 11.8 Å². The number of thioether (sulfide) groups is 1. The molecule has 1 aliphatic rings. The highest BCUT2D eigenvalue weighted by atomic mass is 35.5. The Kier molecular flexibility index (Phi) is 5.75. The summed E-state index contributed by atoms with van der Waals surface area (Å²) < 4.78 is 5.65. The first-order valence-corrected chi connectivity index (χ1v) is 10.5. The van der Waals surface area contributed by atoms with Crippen molar-refractivity contribution >= 4 is 51.7 Å². The molecule has 1 aromatic heterocycles. The number of carbonyl (C=O) groups excluding carboxylic acids is 1. The molecular weight excluding hydrogens is 396 g/mol. The molecule has 3 aromatic rings. The fourth-order valence-electron chi connectivity index (χ4n) is 3.16. The summed E-state index contributed by atoms with van der Waals surface area (Å²) in [7, 11) is 2.12. The second kappa shape index (κ2) is 8.43. The molecule has 0 radical (unpaired) electrons. The topological polar surface area (TPSA) is 61.6 Å². The summed E-state index contributed by atoms with van der Waals surface area (Å²) in [5, 5.41) is 4.08. The van der Waals surface area contributed by atoms with Crippen LogP contribution in [0.25, 0.3) is 11.1 Å². The highest BCUT2D eigenvalue weighted by Crippen LogP contribution is 2.30. The van der Waals surface area contributed by atoms with Gasteiger partial charge in [-0.2, -0.15) is 0 Å². The molecule has 0 bridgehead atoms. The Hall–Kier alpha value is -2.22. The van der Waals surface area contributed by atoms with Crippen LogP contribution < -0.4 is 10.2 Å². The van der Waals surface area contributed by atoms with E-state index in [1.54, 1.807) is 6.07 Å². The molecule has 2 heterocycles. The van der Waals surface area contributed by atoms with E-state index >= 15 is 0 Å². The van der Waals surface area contributed by atoms with E-state index in [0.717, 1.165) is 48.7 Å². The Morgan fingerprint density at radius 1 is 1.21 bits per heavy atom. The van der Waals surface area contributed by atoms with Crippen molar-refractivity contribution in [1.82, 2.24) is 9.88 Å². The maximum absolute atomic E-state index is 12.5. The molecule has 0 spiro atoms. The third kappa shape index (κ3) is 4.43. The van der Waals surface area contributed by atoms with Gasteiger partial charge in [0.2, 0.25) is 5.91 Å². The van der Waals surface area contributed by atoms with Crippen LogP contribution in [0.4, 0.5) is 11.4 Å². The van der Waals surface area contributed by atoms with Gasteiger partial charge in [0, 0.05) is 31.2 Å². The van der Waals surface area contributed by atoms with E-state index in [2.05, 4.69) is 27.1 Å². The lowest BCUT2D eigenvalue weighted by Crippen LogP contribution is -2.44. The van der Waals surface area contributed by atoms with Crippen LogP contribution in [0.15, 0.2) is 52.1 Å². The van der Waals surface area contributed by atoms with E-state index in [0.29, 0.717) is 10.2 Å². The Balaban J connectivity index is 1.42. The predicted octanol–water partition coefficient (Wildman–Crippen LogP) is 3.96. The van der Waals surface area contributed by atoms with E-state index < -0.39 is 0 Å². The summed E-state index contributed by atoms with van der Waals surface area (Å²) in [5.74, 6) is 0.0894. The van der Waals surface area contributed by atoms with Crippen LogP contribution in [0.3, 0.4) is 0 Å². The number of nitrogens with one attached hydrogen (secondary N) is 1. The fraction of sp³-hybridized carbons (Fsp3) is 0.300. The van der Waals surface area contributed by atoms with Crippen molar-refractivity contribution in [3.05, 3.63) is 47.5 Å². The number of hydrogen-bond acceptors (Lipinski definition) is 6. The molecule has 1 N–H and O–H groups in total. The standard InChI is InChI=1S/C20H21ClN4O2S/c1-24-8-10-25(11-9-24)17-7-6-14(21)12-16(17)22-19(26)13-28-20-23-15-4-2-3-5-18(15)27-20/h2-7,12H,8-11,13H2,1H3,(H,22,26). The lowest BCUT2D eigenvalue weighted by Gasteiger charge is -2.35. The number of anilines is 2. The van der Waals surface area contributed by atoms with Crippen LogP contribution in [0.2, 0.25) is 5.02 Å². The average molecular weight is 417 g/mol. The molecule has 2 aromatic carbocycles. The van der Waals surface area contributed by atoms with Crippen molar-refractivity contribution < 1.29 is 9.21 Å². The molecule has 1 aliphatic heterocycles. The van der Waals surface area contributed by atoms with Crippen molar-refractivity contribution in [2.24, 2.45) is 0 Å². The van der Waals surface area contributed by atoms with Gasteiger partial charge in [-0.15, -0.1) is 0 Å². The Bertz CT molecular complexity index is 952. The molecule has 6 nitrogen and oxygen atoms in total. The summed E-state index contributed by atoms with van der Waals surface area (Å²) in [6, 6.07) is 13.2. The maximum atomic E-state index is 12.5. The van der Waals surface area contributed by atoms with Crippen molar-refractivity contribution in [1.29, 1.82) is 0 Å². The van der Waals surface area contributed by atoms with Gasteiger partial charge < -0.3 is 19.5 Å². The molecule has 8 heteroatoms. The summed E-state index contributed by atoms with van der Waals surface area (Å²) in [4.78, 5) is 21.5. The molecular formula is C20H21ClN4O2S. The van der Waals surface area contributed by atoms with Gasteiger partial charge in [0.1, 0.15) is 5.52 Å². The number of halogens is 1. The van der Waals surface area contributed by atoms with Crippen LogP contribution in [0, 0.1) is 0 Å². The minimum atomic E-state index is -0.120. The lowest BCUT2D eigenvalue weighted by molar-refractivity contribution is -0.113. The van der Waals surface area contributed by atoms with Gasteiger partial charge in [-0.25, -0.2) is 4.98 Å². The van der Waals surface area contributed by atoms with Crippen LogP contribution in [0.5, 0.6) is 0 Å². The zero-order valence-corrected chi connectivity index (χ0v) is 17.1. The monoisotopic (exact) mass is 416 g/mol. The van der Waals surface area contributed by atoms with Gasteiger partial charge in [0.25, 0.3) is 5.22 Å². The van der Waals surface area contributed by atoms with Crippen molar-refractivity contribution in [3.8, 4) is 0 Å². The zero-order chi connectivity index (χ0) is 19.5. The summed E-state index contributed by atoms with van der Waals surface area (Å²) in [6.07, 6.45) is 0. The molecule has 146 valence electrons. The molecule has 4 rings (SSSR count). The Labute approximate surface area is 172 Å². The number of aromatic nitrogens is 1. The lowest BCUT2D eigenvalue weighted by atomic mass is 10.2. The average Bonchev–Trinajstić information content (AvgIpc) is 3.11. The number of amides is 1. The quantitative estimate of drug-likeness (QED) is 0.635. The minimum Gasteiger partial charge on any atom is -0.431 e. The Morgan fingerprint density at radius 2 is 2.00 bits per heavy atom. The number of para-hydroxylation sites is 2. The maximum Gasteiger partial charge on any atom is 0.257 e. The number of fused-ring (bicyclic) bond motifs is 1. The van der Waals surface area contributed by atoms with Gasteiger partial charge in [0.15, 0.2) is 5.58 Å². The van der Waals surface area contributed by atoms with E-state index in [1.807, 2.05) is 36.4 Å². The molecule has 1 amide bonds. The number of carbonyl (C=O) groups is 1. The van der Waals surface area contributed by atoms with E-state index in [4.69, 9.17) is 16.0 Å². The summed E-state index contributed by atoms with van der Waals surface area (Å²) in [5.41, 5.74) is 3.24. The number of nitrogens with zero attached hydrogens (tertiary/aromatic N) is 3. The first-order valence-electron chi connectivity index (χ1n) is 9.10. The molecule has 0 saturated carbocycles. The van der Waals surface area contributed by atoms with Crippen LogP contribution in [-0.4, -0.2) is 54.8 Å². The van der Waals surface area contributed by atoms with Gasteiger partial charge in [0.05, 0.1) is 17.1 Å². The van der Waals surface area contributed by atoms with Crippen molar-refractivity contribution in [3.63, 3.8) is 0 Å². The number of rotatable bonds is 5. The third-order valence-electron chi connectivity index (χ3n) is 4.68. The van der Waals surface area contributed by atoms with Gasteiger partial charge in [-0.05, 0) is 37.4 Å². The normalized spacial score (nSPS) is 15.1. The van der Waals surface area contributed by atoms with Crippen LogP contribution >= 0.6 is 23.4 Å². The third-order valence-corrected chi connectivity index (χ3v) is 5.74. The van der Waals surface area contributed by atoms with E-state index in [9.17, 15) is 4.79 Å². The fourth-order valence-corrected chi connectivity index (χ4v) is 3.97. The van der Waals surface area contributed by atoms with Crippen molar-refractivity contribution in [2.75, 3.05) is 49.2 Å². The van der Waals surface area contributed by atoms with Gasteiger partial charge in [-0.3, -0.25) is 4.79 Å². The summed E-state index contributed by atoms with van der Waals surface area (Å²) in [6.45, 7) is 3.81. The molecule has 1 fully saturated rings. The smallest absolute Gasteiger partial charge is 0.257 e. The highest BCUT2D eigenvalue weighted by Gasteiger charge is 2.19. The second-order valence-corrected chi connectivity index (χ2v) is 8.10. The number of oxazole rings is 1. The first kappa shape index (κ1) is 19.1. The molecule has 0 aliphatic carbocycles. The van der Waals surface area contributed by atoms with Crippen LogP contribution in [0.1, 0.15) is 0 Å². The molecule has 0 atom stereocenters. The zero-order valence-electron chi connectivity index (χ0n) is 15.5.